The third-order valence-corrected chi connectivity index (χ3v) is 4.30. The van der Waals surface area contributed by atoms with E-state index in [1.807, 2.05) is 60.5 Å². The molecule has 0 unspecified atom stereocenters. The number of carbonyl (C=O) groups excluding carboxylic acids is 2. The second kappa shape index (κ2) is 9.10. The van der Waals surface area contributed by atoms with Gasteiger partial charge in [0.05, 0.1) is 12.1 Å². The SMILES string of the molecule is CC(=O)Nc1ccc(CNC(=O)CN(C)Cc2ccc3ncccc3c2)cc1. The Morgan fingerprint density at radius 1 is 1.04 bits per heavy atom. The Hall–Kier alpha value is -3.25. The van der Waals surface area contributed by atoms with Crippen LogP contribution in [0.3, 0.4) is 0 Å². The first-order valence-corrected chi connectivity index (χ1v) is 9.15. The van der Waals surface area contributed by atoms with Crippen LogP contribution in [0.25, 0.3) is 10.9 Å². The fourth-order valence-electron chi connectivity index (χ4n) is 3.00. The van der Waals surface area contributed by atoms with Crippen molar-refractivity contribution in [3.8, 4) is 0 Å². The number of benzene rings is 2. The Bertz CT molecular complexity index is 970. The minimum Gasteiger partial charge on any atom is -0.351 e. The molecule has 144 valence electrons. The first kappa shape index (κ1) is 19.5. The van der Waals surface area contributed by atoms with E-state index in [9.17, 15) is 9.59 Å². The molecule has 6 nitrogen and oxygen atoms in total. The smallest absolute Gasteiger partial charge is 0.234 e. The topological polar surface area (TPSA) is 74.3 Å². The lowest BCUT2D eigenvalue weighted by Crippen LogP contribution is -2.34. The lowest BCUT2D eigenvalue weighted by molar-refractivity contribution is -0.122. The number of nitrogens with zero attached hydrogens (tertiary/aromatic N) is 2. The van der Waals surface area contributed by atoms with Crippen molar-refractivity contribution in [2.45, 2.75) is 20.0 Å². The largest absolute Gasteiger partial charge is 0.351 e. The normalized spacial score (nSPS) is 10.8. The molecule has 0 radical (unpaired) electrons. The number of pyridine rings is 1. The third-order valence-electron chi connectivity index (χ3n) is 4.30. The molecule has 2 N–H and O–H groups in total. The van der Waals surface area contributed by atoms with E-state index in [0.29, 0.717) is 19.6 Å². The minimum atomic E-state index is -0.105. The van der Waals surface area contributed by atoms with Crippen LogP contribution in [0, 0.1) is 0 Å². The lowest BCUT2D eigenvalue weighted by Gasteiger charge is -2.17. The second-order valence-corrected chi connectivity index (χ2v) is 6.86. The lowest BCUT2D eigenvalue weighted by atomic mass is 10.1. The van der Waals surface area contributed by atoms with Gasteiger partial charge in [-0.1, -0.05) is 24.3 Å². The number of anilines is 1. The average Bonchev–Trinajstić information content (AvgIpc) is 2.67. The maximum Gasteiger partial charge on any atom is 0.234 e. The van der Waals surface area contributed by atoms with Gasteiger partial charge in [-0.05, 0) is 48.5 Å². The van der Waals surface area contributed by atoms with Crippen molar-refractivity contribution >= 4 is 28.4 Å². The molecule has 3 rings (SSSR count). The van der Waals surface area contributed by atoms with Crippen LogP contribution in [-0.2, 0) is 22.7 Å². The van der Waals surface area contributed by atoms with Gasteiger partial charge in [-0.25, -0.2) is 0 Å². The summed E-state index contributed by atoms with van der Waals surface area (Å²) in [5, 5.41) is 6.75. The van der Waals surface area contributed by atoms with Gasteiger partial charge in [0.15, 0.2) is 0 Å². The average molecular weight is 376 g/mol. The fourth-order valence-corrected chi connectivity index (χ4v) is 3.00. The Morgan fingerprint density at radius 2 is 1.79 bits per heavy atom. The highest BCUT2D eigenvalue weighted by atomic mass is 16.2. The van der Waals surface area contributed by atoms with Crippen LogP contribution in [-0.4, -0.2) is 35.3 Å². The van der Waals surface area contributed by atoms with Gasteiger partial charge in [0.25, 0.3) is 0 Å². The van der Waals surface area contributed by atoms with Crippen molar-refractivity contribution in [2.24, 2.45) is 0 Å². The highest BCUT2D eigenvalue weighted by Gasteiger charge is 2.08. The van der Waals surface area contributed by atoms with Crippen LogP contribution in [0.15, 0.2) is 60.8 Å². The molecule has 2 amide bonds. The second-order valence-electron chi connectivity index (χ2n) is 6.86. The summed E-state index contributed by atoms with van der Waals surface area (Å²) >= 11 is 0. The Kier molecular flexibility index (Phi) is 6.34. The molecule has 0 atom stereocenters. The van der Waals surface area contributed by atoms with Gasteiger partial charge in [-0.15, -0.1) is 0 Å². The van der Waals surface area contributed by atoms with Gasteiger partial charge in [0.2, 0.25) is 11.8 Å². The fraction of sp³-hybridized carbons (Fsp3) is 0.227. The molecular weight excluding hydrogens is 352 g/mol. The number of aromatic nitrogens is 1. The number of hydrogen-bond donors (Lipinski definition) is 2. The molecule has 0 aliphatic heterocycles. The summed E-state index contributed by atoms with van der Waals surface area (Å²) in [6.45, 7) is 2.92. The van der Waals surface area contributed by atoms with E-state index in [1.54, 1.807) is 6.20 Å². The van der Waals surface area contributed by atoms with Crippen LogP contribution in [0.1, 0.15) is 18.1 Å². The molecule has 1 aromatic heterocycles. The third kappa shape index (κ3) is 5.62. The number of carbonyl (C=O) groups is 2. The molecule has 0 aliphatic rings. The minimum absolute atomic E-state index is 0.0316. The van der Waals surface area contributed by atoms with Crippen molar-refractivity contribution in [1.29, 1.82) is 0 Å². The summed E-state index contributed by atoms with van der Waals surface area (Å²) in [5.41, 5.74) is 3.83. The molecule has 0 fully saturated rings. The van der Waals surface area contributed by atoms with Crippen molar-refractivity contribution < 1.29 is 9.59 Å². The number of likely N-dealkylation sites (N-methyl/N-ethyl adjacent to an activating group) is 1. The first-order chi connectivity index (χ1) is 13.5. The van der Waals surface area contributed by atoms with Crippen molar-refractivity contribution in [3.63, 3.8) is 0 Å². The number of fused-ring (bicyclic) bond motifs is 1. The van der Waals surface area contributed by atoms with Crippen LogP contribution >= 0.6 is 0 Å². The Balaban J connectivity index is 1.47. The molecule has 3 aromatic rings. The predicted octanol–water partition coefficient (Wildman–Crippen LogP) is 2.94. The summed E-state index contributed by atoms with van der Waals surface area (Å²) in [6.07, 6.45) is 1.78. The van der Waals surface area contributed by atoms with Crippen LogP contribution in [0.5, 0.6) is 0 Å². The van der Waals surface area contributed by atoms with Crippen molar-refractivity contribution in [1.82, 2.24) is 15.2 Å². The maximum absolute atomic E-state index is 12.2. The maximum atomic E-state index is 12.2. The predicted molar refractivity (Wildman–Crippen MR) is 111 cm³/mol. The van der Waals surface area contributed by atoms with Gasteiger partial charge < -0.3 is 10.6 Å². The zero-order valence-corrected chi connectivity index (χ0v) is 16.1. The van der Waals surface area contributed by atoms with Crippen molar-refractivity contribution in [3.05, 3.63) is 71.9 Å². The van der Waals surface area contributed by atoms with Gasteiger partial charge in [-0.3, -0.25) is 19.5 Å². The van der Waals surface area contributed by atoms with E-state index >= 15 is 0 Å². The molecule has 1 heterocycles. The number of hydrogen-bond acceptors (Lipinski definition) is 4. The monoisotopic (exact) mass is 376 g/mol. The molecule has 0 aliphatic carbocycles. The van der Waals surface area contributed by atoms with E-state index < -0.39 is 0 Å². The molecule has 0 spiro atoms. The van der Waals surface area contributed by atoms with Crippen molar-refractivity contribution in [2.75, 3.05) is 18.9 Å². The van der Waals surface area contributed by atoms with E-state index in [2.05, 4.69) is 21.7 Å². The summed E-state index contributed by atoms with van der Waals surface area (Å²) in [5.74, 6) is -0.136. The van der Waals surface area contributed by atoms with Gasteiger partial charge in [0.1, 0.15) is 0 Å². The summed E-state index contributed by atoms with van der Waals surface area (Å²) in [7, 11) is 1.93. The Morgan fingerprint density at radius 3 is 2.54 bits per heavy atom. The molecular formula is C22H24N4O2. The molecule has 28 heavy (non-hydrogen) atoms. The number of nitrogens with one attached hydrogen (secondary N) is 2. The molecule has 0 saturated carbocycles. The number of amides is 2. The standard InChI is InChI=1S/C22H24N4O2/c1-16(27)25-20-8-5-17(6-9-20)13-24-22(28)15-26(2)14-18-7-10-21-19(12-18)4-3-11-23-21/h3-12H,13-15H2,1-2H3,(H,24,28)(H,25,27). The quantitative estimate of drug-likeness (QED) is 0.665. The summed E-state index contributed by atoms with van der Waals surface area (Å²) in [6, 6.07) is 17.5. The van der Waals surface area contributed by atoms with Crippen LogP contribution < -0.4 is 10.6 Å². The highest BCUT2D eigenvalue weighted by Crippen LogP contribution is 2.14. The molecule has 2 aromatic carbocycles. The Labute approximate surface area is 164 Å². The summed E-state index contributed by atoms with van der Waals surface area (Å²) in [4.78, 5) is 29.6. The van der Waals surface area contributed by atoms with Gasteiger partial charge in [-0.2, -0.15) is 0 Å². The number of rotatable bonds is 7. The molecule has 0 saturated heterocycles. The molecule has 0 bridgehead atoms. The zero-order valence-electron chi connectivity index (χ0n) is 16.1. The van der Waals surface area contributed by atoms with Gasteiger partial charge >= 0.3 is 0 Å². The van der Waals surface area contributed by atoms with Crippen LogP contribution in [0.2, 0.25) is 0 Å². The van der Waals surface area contributed by atoms with Crippen LogP contribution in [0.4, 0.5) is 5.69 Å². The highest BCUT2D eigenvalue weighted by molar-refractivity contribution is 5.88. The molecule has 6 heteroatoms. The van der Waals surface area contributed by atoms with E-state index in [4.69, 9.17) is 0 Å². The van der Waals surface area contributed by atoms with E-state index in [-0.39, 0.29) is 11.8 Å². The van der Waals surface area contributed by atoms with E-state index in [1.165, 1.54) is 6.92 Å². The van der Waals surface area contributed by atoms with E-state index in [0.717, 1.165) is 27.7 Å². The summed E-state index contributed by atoms with van der Waals surface area (Å²) < 4.78 is 0. The zero-order chi connectivity index (χ0) is 19.9. The first-order valence-electron chi connectivity index (χ1n) is 9.15. The van der Waals surface area contributed by atoms with Gasteiger partial charge in [0, 0.05) is 37.3 Å².